The van der Waals surface area contributed by atoms with E-state index < -0.39 is 11.6 Å². The van der Waals surface area contributed by atoms with Crippen molar-refractivity contribution in [1.82, 2.24) is 9.55 Å². The Labute approximate surface area is 207 Å². The summed E-state index contributed by atoms with van der Waals surface area (Å²) in [5.74, 6) is 0.139. The highest BCUT2D eigenvalue weighted by molar-refractivity contribution is 6.11. The summed E-state index contributed by atoms with van der Waals surface area (Å²) in [5.41, 5.74) is 1.94. The second-order valence-electron chi connectivity index (χ2n) is 10.1. The molecule has 2 aliphatic heterocycles. The third-order valence-corrected chi connectivity index (χ3v) is 8.12. The molecule has 3 aliphatic rings. The number of fused-ring (bicyclic) bond motifs is 5. The summed E-state index contributed by atoms with van der Waals surface area (Å²) in [6.07, 6.45) is 3.82. The zero-order valence-corrected chi connectivity index (χ0v) is 20.4. The Morgan fingerprint density at radius 2 is 2.00 bits per heavy atom. The molecule has 1 N–H and O–H groups in total. The molecule has 8 nitrogen and oxygen atoms in total. The van der Waals surface area contributed by atoms with Crippen LogP contribution in [0.5, 0.6) is 5.75 Å². The lowest BCUT2D eigenvalue weighted by Crippen LogP contribution is -2.32. The van der Waals surface area contributed by atoms with Gasteiger partial charge < -0.3 is 19.1 Å². The molecule has 1 fully saturated rings. The van der Waals surface area contributed by atoms with Crippen LogP contribution < -0.4 is 10.3 Å². The van der Waals surface area contributed by atoms with Gasteiger partial charge >= 0.3 is 5.97 Å². The normalized spacial score (nSPS) is 21.0. The first kappa shape index (κ1) is 22.9. The fourth-order valence-corrected chi connectivity index (χ4v) is 6.06. The molecule has 1 aromatic carbocycles. The summed E-state index contributed by atoms with van der Waals surface area (Å²) in [5, 5.41) is 12.1. The van der Waals surface area contributed by atoms with Crippen molar-refractivity contribution in [2.24, 2.45) is 5.92 Å². The van der Waals surface area contributed by atoms with Crippen molar-refractivity contribution >= 4 is 22.7 Å². The van der Waals surface area contributed by atoms with E-state index in [1.165, 1.54) is 0 Å². The summed E-state index contributed by atoms with van der Waals surface area (Å²) < 4.78 is 12.3. The number of carbonyl (C=O) groups is 2. The van der Waals surface area contributed by atoms with Gasteiger partial charge in [-0.3, -0.25) is 14.4 Å². The van der Waals surface area contributed by atoms with Gasteiger partial charge in [0.25, 0.3) is 5.56 Å². The average molecular weight is 489 g/mol. The van der Waals surface area contributed by atoms with Crippen LogP contribution >= 0.6 is 0 Å². The van der Waals surface area contributed by atoms with Gasteiger partial charge in [0.2, 0.25) is 0 Å². The van der Waals surface area contributed by atoms with Gasteiger partial charge in [-0.2, -0.15) is 0 Å². The summed E-state index contributed by atoms with van der Waals surface area (Å²) >= 11 is 0. The maximum absolute atomic E-state index is 13.9. The number of rotatable bonds is 4. The molecule has 3 aromatic rings. The van der Waals surface area contributed by atoms with E-state index in [0.29, 0.717) is 33.8 Å². The highest BCUT2D eigenvalue weighted by Crippen LogP contribution is 2.42. The number of hydrogen-bond acceptors (Lipinski definition) is 7. The van der Waals surface area contributed by atoms with Crippen LogP contribution in [0.25, 0.3) is 22.3 Å². The van der Waals surface area contributed by atoms with Gasteiger partial charge in [0.05, 0.1) is 42.5 Å². The molecule has 1 saturated carbocycles. The van der Waals surface area contributed by atoms with E-state index in [1.807, 2.05) is 18.2 Å². The lowest BCUT2D eigenvalue weighted by atomic mass is 9.85. The average Bonchev–Trinajstić information content (AvgIpc) is 3.51. The van der Waals surface area contributed by atoms with Crippen molar-refractivity contribution in [3.8, 4) is 17.1 Å². The van der Waals surface area contributed by atoms with E-state index in [1.54, 1.807) is 24.7 Å². The molecule has 186 valence electrons. The van der Waals surface area contributed by atoms with Crippen LogP contribution in [0.3, 0.4) is 0 Å². The SMILES string of the molecule is CCC1(O)CC(=O)OCc2c1cc1n(c2=O)Cc2c-1nc1ccc(OC)cc1c2C(=O)C1CCCC1. The molecular formula is C28H28N2O6. The number of aliphatic hydroxyl groups is 1. The second-order valence-corrected chi connectivity index (χ2v) is 10.1. The Hall–Kier alpha value is -3.52. The molecule has 0 radical (unpaired) electrons. The van der Waals surface area contributed by atoms with Crippen molar-refractivity contribution in [2.45, 2.75) is 64.2 Å². The number of carbonyl (C=O) groups excluding carboxylic acids is 2. The number of pyridine rings is 2. The zero-order chi connectivity index (χ0) is 25.2. The Kier molecular flexibility index (Phi) is 5.26. The fraction of sp³-hybridized carbons (Fsp3) is 0.429. The van der Waals surface area contributed by atoms with Gasteiger partial charge in [-0.25, -0.2) is 4.98 Å². The van der Waals surface area contributed by atoms with Gasteiger partial charge in [0.1, 0.15) is 18.0 Å². The third-order valence-electron chi connectivity index (χ3n) is 8.12. The number of Topliss-reactive ketones (excluding diaryl/α,β-unsaturated/α-hetero) is 1. The molecule has 2 aromatic heterocycles. The minimum absolute atomic E-state index is 0.0485. The lowest BCUT2D eigenvalue weighted by Gasteiger charge is -2.26. The van der Waals surface area contributed by atoms with Gasteiger partial charge in [0.15, 0.2) is 5.78 Å². The highest BCUT2D eigenvalue weighted by Gasteiger charge is 2.40. The molecule has 1 atom stereocenters. The van der Waals surface area contributed by atoms with E-state index in [2.05, 4.69) is 0 Å². The predicted molar refractivity (Wildman–Crippen MR) is 132 cm³/mol. The van der Waals surface area contributed by atoms with E-state index in [-0.39, 0.29) is 48.8 Å². The molecule has 1 aliphatic carbocycles. The highest BCUT2D eigenvalue weighted by atomic mass is 16.5. The van der Waals surface area contributed by atoms with Crippen LogP contribution in [-0.4, -0.2) is 33.5 Å². The Balaban J connectivity index is 1.62. The number of cyclic esters (lactones) is 1. The maximum atomic E-state index is 13.9. The molecule has 0 saturated heterocycles. The molecule has 36 heavy (non-hydrogen) atoms. The standard InChI is InChI=1S/C28H28N2O6/c1-3-28(34)12-23(31)36-14-19-20(28)11-22-25-18(13-30(22)27(19)33)24(26(32)15-6-4-5-7-15)17-10-16(35-2)8-9-21(17)29-25/h8-11,15,34H,3-7,12-14H2,1-2H3. The molecule has 1 unspecified atom stereocenters. The summed E-state index contributed by atoms with van der Waals surface area (Å²) in [4.78, 5) is 44.7. The van der Waals surface area contributed by atoms with Gasteiger partial charge in [-0.05, 0) is 49.1 Å². The molecule has 6 rings (SSSR count). The van der Waals surface area contributed by atoms with Crippen molar-refractivity contribution in [3.05, 3.63) is 56.9 Å². The Morgan fingerprint density at radius 1 is 1.22 bits per heavy atom. The van der Waals surface area contributed by atoms with Crippen molar-refractivity contribution < 1.29 is 24.2 Å². The van der Waals surface area contributed by atoms with Crippen LogP contribution in [0.1, 0.15) is 72.5 Å². The van der Waals surface area contributed by atoms with E-state index >= 15 is 0 Å². The molecule has 8 heteroatoms. The topological polar surface area (TPSA) is 108 Å². The largest absolute Gasteiger partial charge is 0.497 e. The molecule has 0 bridgehead atoms. The summed E-state index contributed by atoms with van der Waals surface area (Å²) in [7, 11) is 1.59. The Morgan fingerprint density at radius 3 is 2.72 bits per heavy atom. The molecular weight excluding hydrogens is 460 g/mol. The van der Waals surface area contributed by atoms with Crippen LogP contribution in [-0.2, 0) is 28.3 Å². The van der Waals surface area contributed by atoms with Gasteiger partial charge in [-0.15, -0.1) is 0 Å². The number of hydrogen-bond donors (Lipinski definition) is 1. The van der Waals surface area contributed by atoms with Crippen molar-refractivity contribution in [1.29, 1.82) is 0 Å². The fourth-order valence-electron chi connectivity index (χ4n) is 6.06. The van der Waals surface area contributed by atoms with Crippen LogP contribution in [0.2, 0.25) is 0 Å². The van der Waals surface area contributed by atoms with Crippen molar-refractivity contribution in [3.63, 3.8) is 0 Å². The first-order valence-electron chi connectivity index (χ1n) is 12.5. The first-order valence-corrected chi connectivity index (χ1v) is 12.5. The molecule has 0 amide bonds. The maximum Gasteiger partial charge on any atom is 0.309 e. The number of benzene rings is 1. The van der Waals surface area contributed by atoms with E-state index in [9.17, 15) is 19.5 Å². The number of esters is 1. The van der Waals surface area contributed by atoms with Crippen molar-refractivity contribution in [2.75, 3.05) is 7.11 Å². The number of nitrogens with zero attached hydrogens (tertiary/aromatic N) is 2. The number of aromatic nitrogens is 2. The van der Waals surface area contributed by atoms with Crippen LogP contribution in [0.15, 0.2) is 29.1 Å². The smallest absolute Gasteiger partial charge is 0.309 e. The summed E-state index contributed by atoms with van der Waals surface area (Å²) in [6, 6.07) is 7.25. The quantitative estimate of drug-likeness (QED) is 0.343. The van der Waals surface area contributed by atoms with E-state index in [0.717, 1.165) is 36.6 Å². The van der Waals surface area contributed by atoms with Gasteiger partial charge in [0, 0.05) is 22.4 Å². The van der Waals surface area contributed by atoms with Crippen LogP contribution in [0.4, 0.5) is 0 Å². The zero-order valence-electron chi connectivity index (χ0n) is 20.4. The molecule has 4 heterocycles. The van der Waals surface area contributed by atoms with Crippen LogP contribution in [0, 0.1) is 5.92 Å². The number of methoxy groups -OCH3 is 1. The molecule has 0 spiro atoms. The van der Waals surface area contributed by atoms with Gasteiger partial charge in [-0.1, -0.05) is 19.8 Å². The minimum atomic E-state index is -1.51. The third kappa shape index (κ3) is 3.31. The second kappa shape index (κ2) is 8.27. The lowest BCUT2D eigenvalue weighted by molar-refractivity contribution is -0.149. The monoisotopic (exact) mass is 488 g/mol. The minimum Gasteiger partial charge on any atom is -0.497 e. The van der Waals surface area contributed by atoms with E-state index in [4.69, 9.17) is 14.5 Å². The summed E-state index contributed by atoms with van der Waals surface area (Å²) in [6.45, 7) is 1.79. The number of ketones is 1. The predicted octanol–water partition coefficient (Wildman–Crippen LogP) is 3.85. The first-order chi connectivity index (χ1) is 17.3. The number of ether oxygens (including phenoxy) is 2. The Bertz CT molecular complexity index is 1500.